The molecule has 1 aliphatic heterocycles. The van der Waals surface area contributed by atoms with Gasteiger partial charge in [0.05, 0.1) is 11.8 Å². The molecule has 5 nitrogen and oxygen atoms in total. The smallest absolute Gasteiger partial charge is 0.306 e. The van der Waals surface area contributed by atoms with Crippen LogP contribution in [0, 0.1) is 11.8 Å². The highest BCUT2D eigenvalue weighted by molar-refractivity contribution is 7.80. The zero-order valence-electron chi connectivity index (χ0n) is 11.8. The van der Waals surface area contributed by atoms with Gasteiger partial charge in [0.2, 0.25) is 5.91 Å². The van der Waals surface area contributed by atoms with Gasteiger partial charge in [-0.25, -0.2) is 0 Å². The summed E-state index contributed by atoms with van der Waals surface area (Å²) in [6.45, 7) is 2.79. The van der Waals surface area contributed by atoms with E-state index in [9.17, 15) is 9.59 Å². The minimum atomic E-state index is -0.769. The summed E-state index contributed by atoms with van der Waals surface area (Å²) in [6.07, 6.45) is 4.86. The molecule has 3 atom stereocenters. The van der Waals surface area contributed by atoms with Crippen molar-refractivity contribution in [3.63, 3.8) is 0 Å². The van der Waals surface area contributed by atoms with Crippen molar-refractivity contribution in [1.29, 1.82) is 0 Å². The second-order valence-electron chi connectivity index (χ2n) is 5.71. The third-order valence-corrected chi connectivity index (χ3v) is 4.66. The molecule has 1 aliphatic carbocycles. The van der Waals surface area contributed by atoms with E-state index in [2.05, 4.69) is 12.2 Å². The SMILES string of the molecule is CCCCCN1C(=O)C2CCC(C(=O)O)CC2NC1=S. The lowest BCUT2D eigenvalue weighted by Gasteiger charge is -2.43. The Morgan fingerprint density at radius 1 is 1.45 bits per heavy atom. The molecule has 2 N–H and O–H groups in total. The molecule has 0 bridgehead atoms. The van der Waals surface area contributed by atoms with Crippen molar-refractivity contribution in [3.05, 3.63) is 0 Å². The Morgan fingerprint density at radius 2 is 2.20 bits per heavy atom. The molecular weight excluding hydrogens is 276 g/mol. The molecule has 0 radical (unpaired) electrons. The Labute approximate surface area is 124 Å². The predicted octanol–water partition coefficient (Wildman–Crippen LogP) is 1.76. The monoisotopic (exact) mass is 298 g/mol. The molecule has 2 rings (SSSR count). The fourth-order valence-corrected chi connectivity index (χ4v) is 3.45. The van der Waals surface area contributed by atoms with Gasteiger partial charge in [0.15, 0.2) is 5.11 Å². The van der Waals surface area contributed by atoms with Crippen LogP contribution in [0.3, 0.4) is 0 Å². The highest BCUT2D eigenvalue weighted by Gasteiger charge is 2.43. The van der Waals surface area contributed by atoms with E-state index in [1.165, 1.54) is 0 Å². The second kappa shape index (κ2) is 6.52. The van der Waals surface area contributed by atoms with Gasteiger partial charge in [-0.05, 0) is 37.9 Å². The maximum Gasteiger partial charge on any atom is 0.306 e. The molecular formula is C14H22N2O3S. The normalized spacial score (nSPS) is 29.9. The van der Waals surface area contributed by atoms with Gasteiger partial charge in [-0.3, -0.25) is 14.5 Å². The average molecular weight is 298 g/mol. The van der Waals surface area contributed by atoms with Crippen molar-refractivity contribution in [3.8, 4) is 0 Å². The molecule has 112 valence electrons. The number of nitrogens with zero attached hydrogens (tertiary/aromatic N) is 1. The predicted molar refractivity (Wildman–Crippen MR) is 79.2 cm³/mol. The van der Waals surface area contributed by atoms with Crippen molar-refractivity contribution in [2.45, 2.75) is 51.5 Å². The Bertz CT molecular complexity index is 413. The first-order chi connectivity index (χ1) is 9.54. The van der Waals surface area contributed by atoms with Gasteiger partial charge in [-0.2, -0.15) is 0 Å². The molecule has 3 unspecified atom stereocenters. The Balaban J connectivity index is 1.99. The molecule has 0 spiro atoms. The zero-order valence-corrected chi connectivity index (χ0v) is 12.6. The first-order valence-electron chi connectivity index (χ1n) is 7.39. The van der Waals surface area contributed by atoms with Crippen molar-refractivity contribution in [1.82, 2.24) is 10.2 Å². The van der Waals surface area contributed by atoms with Crippen LogP contribution < -0.4 is 5.32 Å². The lowest BCUT2D eigenvalue weighted by molar-refractivity contribution is -0.146. The Hall–Kier alpha value is -1.17. The van der Waals surface area contributed by atoms with Crippen LogP contribution in [0.4, 0.5) is 0 Å². The van der Waals surface area contributed by atoms with E-state index in [4.69, 9.17) is 17.3 Å². The number of carboxylic acid groups (broad SMARTS) is 1. The van der Waals surface area contributed by atoms with Gasteiger partial charge in [0, 0.05) is 12.6 Å². The largest absolute Gasteiger partial charge is 0.481 e. The summed E-state index contributed by atoms with van der Waals surface area (Å²) in [6, 6.07) is -0.104. The zero-order chi connectivity index (χ0) is 14.7. The molecule has 20 heavy (non-hydrogen) atoms. The summed E-state index contributed by atoms with van der Waals surface area (Å²) in [4.78, 5) is 25.2. The van der Waals surface area contributed by atoms with Gasteiger partial charge in [-0.15, -0.1) is 0 Å². The van der Waals surface area contributed by atoms with E-state index in [0.717, 1.165) is 19.3 Å². The molecule has 0 aromatic rings. The van der Waals surface area contributed by atoms with Crippen molar-refractivity contribution >= 4 is 29.2 Å². The van der Waals surface area contributed by atoms with Gasteiger partial charge in [0.25, 0.3) is 0 Å². The van der Waals surface area contributed by atoms with Gasteiger partial charge in [-0.1, -0.05) is 19.8 Å². The minimum Gasteiger partial charge on any atom is -0.481 e. The van der Waals surface area contributed by atoms with E-state index < -0.39 is 5.97 Å². The van der Waals surface area contributed by atoms with Gasteiger partial charge < -0.3 is 10.4 Å². The number of fused-ring (bicyclic) bond motifs is 1. The number of unbranched alkanes of at least 4 members (excludes halogenated alkanes) is 2. The van der Waals surface area contributed by atoms with Crippen LogP contribution in [0.25, 0.3) is 0 Å². The fraction of sp³-hybridized carbons (Fsp3) is 0.786. The number of thiocarbonyl (C=S) groups is 1. The number of aliphatic carboxylic acids is 1. The molecule has 0 aromatic carbocycles. The molecule has 6 heteroatoms. The summed E-state index contributed by atoms with van der Waals surface area (Å²) in [5.41, 5.74) is 0. The Morgan fingerprint density at radius 3 is 2.85 bits per heavy atom. The third-order valence-electron chi connectivity index (χ3n) is 4.32. The van der Waals surface area contributed by atoms with E-state index in [0.29, 0.717) is 30.9 Å². The number of nitrogens with one attached hydrogen (secondary N) is 1. The molecule has 1 amide bonds. The number of carbonyl (C=O) groups excluding carboxylic acids is 1. The maximum atomic E-state index is 12.5. The van der Waals surface area contributed by atoms with E-state index in [-0.39, 0.29) is 23.8 Å². The van der Waals surface area contributed by atoms with Crippen LogP contribution in [0.5, 0.6) is 0 Å². The summed E-state index contributed by atoms with van der Waals surface area (Å²) < 4.78 is 0. The van der Waals surface area contributed by atoms with Gasteiger partial charge >= 0.3 is 5.97 Å². The lowest BCUT2D eigenvalue weighted by atomic mass is 9.76. The molecule has 1 saturated carbocycles. The van der Waals surface area contributed by atoms with Crippen LogP contribution in [0.1, 0.15) is 45.4 Å². The standard InChI is InChI=1S/C14H22N2O3S/c1-2-3-4-7-16-12(17)10-6-5-9(13(18)19)8-11(10)15-14(16)20/h9-11H,2-8H2,1H3,(H,15,20)(H,18,19). The highest BCUT2D eigenvalue weighted by Crippen LogP contribution is 2.33. The first kappa shape index (κ1) is 15.2. The Kier molecular flexibility index (Phi) is 4.96. The molecule has 1 heterocycles. The molecule has 1 saturated heterocycles. The van der Waals surface area contributed by atoms with E-state index in [1.807, 2.05) is 0 Å². The quantitative estimate of drug-likeness (QED) is 0.598. The number of rotatable bonds is 5. The van der Waals surface area contributed by atoms with Crippen LogP contribution in [-0.4, -0.2) is 39.6 Å². The summed E-state index contributed by atoms with van der Waals surface area (Å²) in [7, 11) is 0. The highest BCUT2D eigenvalue weighted by atomic mass is 32.1. The number of carboxylic acids is 1. The fourth-order valence-electron chi connectivity index (χ4n) is 3.12. The minimum absolute atomic E-state index is 0.0821. The molecule has 2 fully saturated rings. The van der Waals surface area contributed by atoms with Crippen LogP contribution in [0.2, 0.25) is 0 Å². The summed E-state index contributed by atoms with van der Waals surface area (Å²) in [5.74, 6) is -1.15. The summed E-state index contributed by atoms with van der Waals surface area (Å²) in [5, 5.41) is 12.8. The number of amides is 1. The number of hydrogen-bond acceptors (Lipinski definition) is 3. The number of carbonyl (C=O) groups is 2. The van der Waals surface area contributed by atoms with E-state index >= 15 is 0 Å². The van der Waals surface area contributed by atoms with Crippen LogP contribution in [-0.2, 0) is 9.59 Å². The topological polar surface area (TPSA) is 69.6 Å². The van der Waals surface area contributed by atoms with Crippen molar-refractivity contribution in [2.24, 2.45) is 11.8 Å². The van der Waals surface area contributed by atoms with Crippen molar-refractivity contribution < 1.29 is 14.7 Å². The van der Waals surface area contributed by atoms with Crippen LogP contribution in [0.15, 0.2) is 0 Å². The summed E-state index contributed by atoms with van der Waals surface area (Å²) >= 11 is 5.27. The molecule has 0 aromatic heterocycles. The number of hydrogen-bond donors (Lipinski definition) is 2. The van der Waals surface area contributed by atoms with Crippen molar-refractivity contribution in [2.75, 3.05) is 6.54 Å². The lowest BCUT2D eigenvalue weighted by Crippen LogP contribution is -2.61. The van der Waals surface area contributed by atoms with Gasteiger partial charge in [0.1, 0.15) is 0 Å². The maximum absolute atomic E-state index is 12.5. The first-order valence-corrected chi connectivity index (χ1v) is 7.80. The third kappa shape index (κ3) is 3.11. The molecule has 2 aliphatic rings. The van der Waals surface area contributed by atoms with E-state index in [1.54, 1.807) is 4.90 Å². The average Bonchev–Trinajstić information content (AvgIpc) is 2.41. The second-order valence-corrected chi connectivity index (χ2v) is 6.09. The van der Waals surface area contributed by atoms with Crippen LogP contribution >= 0.6 is 12.2 Å².